The molecule has 1 aliphatic rings. The Bertz CT molecular complexity index is 745. The van der Waals surface area contributed by atoms with Crippen LogP contribution in [0.4, 0.5) is 0 Å². The SMILES string of the molecule is C=CCCCC1c2cc(C(C)(C)C)ccc2-c2ccc(C(C)(C)C)cc21. The van der Waals surface area contributed by atoms with Gasteiger partial charge in [0.2, 0.25) is 0 Å². The number of unbranched alkanes of at least 4 members (excludes halogenated alkanes) is 1. The molecule has 0 saturated carbocycles. The largest absolute Gasteiger partial charge is 0.103 e. The molecule has 0 spiro atoms. The van der Waals surface area contributed by atoms with E-state index in [9.17, 15) is 0 Å². The van der Waals surface area contributed by atoms with Gasteiger partial charge in [-0.25, -0.2) is 0 Å². The van der Waals surface area contributed by atoms with Gasteiger partial charge in [-0.05, 0) is 63.5 Å². The zero-order valence-corrected chi connectivity index (χ0v) is 17.4. The van der Waals surface area contributed by atoms with E-state index in [0.29, 0.717) is 5.92 Å². The predicted molar refractivity (Wildman–Crippen MR) is 115 cm³/mol. The molecule has 0 heterocycles. The maximum atomic E-state index is 3.91. The smallest absolute Gasteiger partial charge is 0.0102 e. The average Bonchev–Trinajstić information content (AvgIpc) is 2.86. The number of benzene rings is 2. The molecular weight excluding hydrogens is 312 g/mol. The Morgan fingerprint density at radius 1 is 0.808 bits per heavy atom. The molecule has 2 aromatic rings. The lowest BCUT2D eigenvalue weighted by atomic mass is 9.82. The number of hydrogen-bond donors (Lipinski definition) is 0. The minimum atomic E-state index is 0.187. The van der Waals surface area contributed by atoms with Gasteiger partial charge in [-0.15, -0.1) is 6.58 Å². The predicted octanol–water partition coefficient (Wildman–Crippen LogP) is 7.75. The summed E-state index contributed by atoms with van der Waals surface area (Å²) in [4.78, 5) is 0. The second kappa shape index (κ2) is 6.72. The molecule has 0 saturated heterocycles. The molecule has 0 nitrogen and oxygen atoms in total. The van der Waals surface area contributed by atoms with E-state index in [-0.39, 0.29) is 10.8 Å². The molecule has 138 valence electrons. The van der Waals surface area contributed by atoms with Crippen LogP contribution in [0.2, 0.25) is 0 Å². The van der Waals surface area contributed by atoms with E-state index in [4.69, 9.17) is 0 Å². The van der Waals surface area contributed by atoms with Crippen molar-refractivity contribution in [2.24, 2.45) is 0 Å². The summed E-state index contributed by atoms with van der Waals surface area (Å²) in [7, 11) is 0. The number of rotatable bonds is 4. The molecule has 0 heteroatoms. The summed E-state index contributed by atoms with van der Waals surface area (Å²) in [5, 5.41) is 0. The molecule has 0 aromatic heterocycles. The lowest BCUT2D eigenvalue weighted by molar-refractivity contribution is 0.585. The van der Waals surface area contributed by atoms with Gasteiger partial charge in [-0.3, -0.25) is 0 Å². The second-order valence-electron chi connectivity index (χ2n) is 9.88. The Morgan fingerprint density at radius 2 is 1.27 bits per heavy atom. The van der Waals surface area contributed by atoms with Crippen molar-refractivity contribution in [2.75, 3.05) is 0 Å². The first kappa shape index (κ1) is 19.0. The fraction of sp³-hybridized carbons (Fsp3) is 0.462. The first-order valence-corrected chi connectivity index (χ1v) is 10.0. The Labute approximate surface area is 160 Å². The van der Waals surface area contributed by atoms with Crippen LogP contribution >= 0.6 is 0 Å². The number of fused-ring (bicyclic) bond motifs is 3. The van der Waals surface area contributed by atoms with E-state index in [1.54, 1.807) is 0 Å². The molecule has 0 atom stereocenters. The van der Waals surface area contributed by atoms with Crippen molar-refractivity contribution >= 4 is 0 Å². The Morgan fingerprint density at radius 3 is 1.65 bits per heavy atom. The van der Waals surface area contributed by atoms with E-state index < -0.39 is 0 Å². The molecule has 3 rings (SSSR count). The van der Waals surface area contributed by atoms with Crippen molar-refractivity contribution < 1.29 is 0 Å². The Hall–Kier alpha value is -1.82. The summed E-state index contributed by atoms with van der Waals surface area (Å²) in [6, 6.07) is 14.3. The monoisotopic (exact) mass is 346 g/mol. The Balaban J connectivity index is 2.11. The summed E-state index contributed by atoms with van der Waals surface area (Å²) in [5.74, 6) is 0.518. The summed E-state index contributed by atoms with van der Waals surface area (Å²) >= 11 is 0. The molecular formula is C26H34. The van der Waals surface area contributed by atoms with Crippen molar-refractivity contribution in [1.29, 1.82) is 0 Å². The van der Waals surface area contributed by atoms with Crippen LogP contribution in [0.3, 0.4) is 0 Å². The molecule has 0 N–H and O–H groups in total. The van der Waals surface area contributed by atoms with Crippen LogP contribution in [-0.4, -0.2) is 0 Å². The van der Waals surface area contributed by atoms with Crippen molar-refractivity contribution in [1.82, 2.24) is 0 Å². The van der Waals surface area contributed by atoms with Crippen LogP contribution in [0.25, 0.3) is 11.1 Å². The molecule has 1 aliphatic carbocycles. The summed E-state index contributed by atoms with van der Waals surface area (Å²) in [6.45, 7) is 17.7. The third-order valence-electron chi connectivity index (χ3n) is 5.78. The first-order chi connectivity index (χ1) is 12.1. The highest BCUT2D eigenvalue weighted by Gasteiger charge is 2.31. The van der Waals surface area contributed by atoms with Gasteiger partial charge in [0.25, 0.3) is 0 Å². The molecule has 2 aromatic carbocycles. The third-order valence-corrected chi connectivity index (χ3v) is 5.78. The van der Waals surface area contributed by atoms with E-state index in [1.165, 1.54) is 46.2 Å². The molecule has 0 aliphatic heterocycles. The summed E-state index contributed by atoms with van der Waals surface area (Å²) in [6.07, 6.45) is 5.55. The molecule has 0 bridgehead atoms. The average molecular weight is 347 g/mol. The molecule has 0 unspecified atom stereocenters. The van der Waals surface area contributed by atoms with Crippen molar-refractivity contribution in [2.45, 2.75) is 77.6 Å². The topological polar surface area (TPSA) is 0 Å². The minimum absolute atomic E-state index is 0.187. The standard InChI is InChI=1S/C26H34/c1-8-9-10-11-20-23-16-18(25(2,3)4)12-14-21(23)22-15-13-19(17-24(20)22)26(5,6)7/h8,12-17,20H,1,9-11H2,2-7H3. The zero-order valence-electron chi connectivity index (χ0n) is 17.4. The maximum absolute atomic E-state index is 3.91. The van der Waals surface area contributed by atoms with Crippen LogP contribution < -0.4 is 0 Å². The lowest BCUT2D eigenvalue weighted by Crippen LogP contribution is -2.12. The first-order valence-electron chi connectivity index (χ1n) is 10.0. The van der Waals surface area contributed by atoms with E-state index in [2.05, 4.69) is 84.5 Å². The highest BCUT2D eigenvalue weighted by molar-refractivity contribution is 5.79. The van der Waals surface area contributed by atoms with Gasteiger partial charge in [-0.1, -0.05) is 84.0 Å². The fourth-order valence-corrected chi connectivity index (χ4v) is 4.07. The molecule has 0 radical (unpaired) electrons. The quantitative estimate of drug-likeness (QED) is 0.392. The summed E-state index contributed by atoms with van der Waals surface area (Å²) < 4.78 is 0. The van der Waals surface area contributed by atoms with Crippen LogP contribution in [0.1, 0.15) is 89.0 Å². The Kier molecular flexibility index (Phi) is 4.90. The highest BCUT2D eigenvalue weighted by atomic mass is 14.3. The van der Waals surface area contributed by atoms with E-state index in [0.717, 1.165) is 6.42 Å². The van der Waals surface area contributed by atoms with E-state index in [1.807, 2.05) is 6.08 Å². The number of hydrogen-bond acceptors (Lipinski definition) is 0. The van der Waals surface area contributed by atoms with Crippen LogP contribution in [0.5, 0.6) is 0 Å². The second-order valence-corrected chi connectivity index (χ2v) is 9.88. The third kappa shape index (κ3) is 3.52. The molecule has 26 heavy (non-hydrogen) atoms. The maximum Gasteiger partial charge on any atom is 0.0102 e. The van der Waals surface area contributed by atoms with Crippen LogP contribution in [-0.2, 0) is 10.8 Å². The van der Waals surface area contributed by atoms with Gasteiger partial charge in [0.1, 0.15) is 0 Å². The van der Waals surface area contributed by atoms with Crippen LogP contribution in [0.15, 0.2) is 49.1 Å². The highest BCUT2D eigenvalue weighted by Crippen LogP contribution is 2.49. The number of allylic oxidation sites excluding steroid dienone is 1. The van der Waals surface area contributed by atoms with Gasteiger partial charge in [0.15, 0.2) is 0 Å². The van der Waals surface area contributed by atoms with Crippen molar-refractivity contribution in [3.8, 4) is 11.1 Å². The van der Waals surface area contributed by atoms with Gasteiger partial charge in [-0.2, -0.15) is 0 Å². The zero-order chi connectivity index (χ0) is 19.1. The molecule has 0 amide bonds. The summed E-state index contributed by atoms with van der Waals surface area (Å²) in [5.41, 5.74) is 9.19. The van der Waals surface area contributed by atoms with Gasteiger partial charge in [0, 0.05) is 5.92 Å². The van der Waals surface area contributed by atoms with E-state index >= 15 is 0 Å². The minimum Gasteiger partial charge on any atom is -0.103 e. The van der Waals surface area contributed by atoms with Gasteiger partial charge < -0.3 is 0 Å². The van der Waals surface area contributed by atoms with Crippen LogP contribution in [0, 0.1) is 0 Å². The fourth-order valence-electron chi connectivity index (χ4n) is 4.07. The van der Waals surface area contributed by atoms with Crippen molar-refractivity contribution in [3.63, 3.8) is 0 Å². The van der Waals surface area contributed by atoms with Gasteiger partial charge >= 0.3 is 0 Å². The van der Waals surface area contributed by atoms with Gasteiger partial charge in [0.05, 0.1) is 0 Å². The normalized spacial score (nSPS) is 14.2. The lowest BCUT2D eigenvalue weighted by Gasteiger charge is -2.22. The molecule has 0 fully saturated rings. The van der Waals surface area contributed by atoms with Crippen molar-refractivity contribution in [3.05, 3.63) is 71.3 Å².